The molecule has 0 saturated carbocycles. The van der Waals surface area contributed by atoms with Gasteiger partial charge in [0.2, 0.25) is 5.71 Å². The quantitative estimate of drug-likeness (QED) is 0.179. The molecule has 0 atom stereocenters. The molecule has 0 saturated heterocycles. The lowest BCUT2D eigenvalue weighted by atomic mass is 9.88. The van der Waals surface area contributed by atoms with E-state index in [9.17, 15) is 0 Å². The fourth-order valence-electron chi connectivity index (χ4n) is 7.89. The van der Waals surface area contributed by atoms with Gasteiger partial charge in [0.1, 0.15) is 22.5 Å². The SMILES string of the molecule is [2H]C([2H])([2H])c1ccc2c(ccc3nc(-c4ccc(C([2H])([2H])[2H])c5c4oc4nc6c(cc45)oc4ccccc46)n(-c4c(C(C)C)cc(-c5ccccc5)cc4C(C)C)c32)n1. The summed E-state index contributed by atoms with van der Waals surface area (Å²) in [7, 11) is 0. The normalized spacial score (nSPS) is 14.5. The molecule has 0 bridgehead atoms. The number of fused-ring (bicyclic) bond motifs is 9. The van der Waals surface area contributed by atoms with E-state index >= 15 is 0 Å². The molecule has 0 aliphatic carbocycles. The maximum Gasteiger partial charge on any atom is 0.228 e. The second-order valence-electron chi connectivity index (χ2n) is 14.4. The molecule has 53 heavy (non-hydrogen) atoms. The van der Waals surface area contributed by atoms with E-state index in [2.05, 4.69) is 61.5 Å². The number of hydrogen-bond acceptors (Lipinski definition) is 5. The minimum Gasteiger partial charge on any atom is -0.454 e. The van der Waals surface area contributed by atoms with Crippen LogP contribution in [0.5, 0.6) is 0 Å². The second kappa shape index (κ2) is 11.6. The van der Waals surface area contributed by atoms with Crippen LogP contribution >= 0.6 is 0 Å². The highest BCUT2D eigenvalue weighted by atomic mass is 16.3. The van der Waals surface area contributed by atoms with Gasteiger partial charge in [-0.05, 0) is 114 Å². The van der Waals surface area contributed by atoms with Crippen LogP contribution in [0.4, 0.5) is 0 Å². The molecule has 0 amide bonds. The Balaban J connectivity index is 1.36. The zero-order valence-corrected chi connectivity index (χ0v) is 29.7. The van der Waals surface area contributed by atoms with Gasteiger partial charge in [-0.25, -0.2) is 9.97 Å². The Kier molecular flexibility index (Phi) is 5.62. The molecule has 0 N–H and O–H groups in total. The molecular weight excluding hydrogens is 653 g/mol. The van der Waals surface area contributed by atoms with Crippen LogP contribution in [0.3, 0.4) is 0 Å². The van der Waals surface area contributed by atoms with Gasteiger partial charge in [0.05, 0.1) is 33.2 Å². The van der Waals surface area contributed by atoms with E-state index in [1.807, 2.05) is 60.7 Å². The standard InChI is InChI=1S/C47H38N4O2/c1-25(2)34-22-30(29-12-8-7-9-13-29)23-35(26(3)4)43(34)51-44-31-19-17-28(6)48-37(31)20-21-38(44)49-46(51)33-18-16-27(5)41-36-24-40-42(50-47(36)53-45(33)41)32-14-10-11-15-39(32)52-40/h7-26H,1-6H3/i5D3,6D3. The van der Waals surface area contributed by atoms with Crippen LogP contribution in [0.25, 0.3) is 94.3 Å². The van der Waals surface area contributed by atoms with Crippen LogP contribution in [-0.4, -0.2) is 19.5 Å². The van der Waals surface area contributed by atoms with Gasteiger partial charge in [-0.2, -0.15) is 0 Å². The maximum atomic E-state index is 8.63. The zero-order valence-electron chi connectivity index (χ0n) is 35.7. The topological polar surface area (TPSA) is 69.9 Å². The largest absolute Gasteiger partial charge is 0.454 e. The molecule has 258 valence electrons. The monoisotopic (exact) mass is 696 g/mol. The van der Waals surface area contributed by atoms with Gasteiger partial charge in [-0.3, -0.25) is 9.55 Å². The van der Waals surface area contributed by atoms with E-state index in [-0.39, 0.29) is 28.8 Å². The van der Waals surface area contributed by atoms with Gasteiger partial charge in [0.15, 0.2) is 5.58 Å². The van der Waals surface area contributed by atoms with Crippen LogP contribution in [0.1, 0.15) is 70.1 Å². The van der Waals surface area contributed by atoms with Gasteiger partial charge < -0.3 is 8.83 Å². The van der Waals surface area contributed by atoms with Crippen molar-refractivity contribution in [2.24, 2.45) is 0 Å². The Bertz CT molecular complexity index is 3290. The lowest BCUT2D eigenvalue weighted by Crippen LogP contribution is -2.10. The molecule has 6 heteroatoms. The number of rotatable bonds is 5. The zero-order chi connectivity index (χ0) is 41.1. The van der Waals surface area contributed by atoms with Crippen molar-refractivity contribution in [1.82, 2.24) is 19.5 Å². The van der Waals surface area contributed by atoms with Gasteiger partial charge in [-0.1, -0.05) is 76.2 Å². The van der Waals surface area contributed by atoms with E-state index in [4.69, 9.17) is 27.0 Å². The maximum absolute atomic E-state index is 8.63. The molecule has 10 rings (SSSR count). The fraction of sp³-hybridized carbons (Fsp3) is 0.170. The Labute approximate surface area is 315 Å². The van der Waals surface area contributed by atoms with Gasteiger partial charge in [-0.15, -0.1) is 0 Å². The Morgan fingerprint density at radius 3 is 2.17 bits per heavy atom. The summed E-state index contributed by atoms with van der Waals surface area (Å²) < 4.78 is 65.3. The van der Waals surface area contributed by atoms with Crippen LogP contribution in [0.15, 0.2) is 118 Å². The summed E-state index contributed by atoms with van der Waals surface area (Å²) in [5, 5.41) is 2.48. The number of imidazole rings is 1. The van der Waals surface area contributed by atoms with Crippen LogP contribution < -0.4 is 0 Å². The number of hydrogen-bond donors (Lipinski definition) is 0. The summed E-state index contributed by atoms with van der Waals surface area (Å²) >= 11 is 0. The molecule has 0 spiro atoms. The van der Waals surface area contributed by atoms with Crippen molar-refractivity contribution < 1.29 is 17.1 Å². The highest BCUT2D eigenvalue weighted by Crippen LogP contribution is 2.45. The van der Waals surface area contributed by atoms with Gasteiger partial charge in [0.25, 0.3) is 0 Å². The molecule has 0 radical (unpaired) electrons. The number of aryl methyl sites for hydroxylation is 2. The molecule has 0 unspecified atom stereocenters. The van der Waals surface area contributed by atoms with E-state index in [1.54, 1.807) is 24.3 Å². The molecule has 0 fully saturated rings. The molecule has 10 aromatic rings. The first-order chi connectivity index (χ1) is 28.2. The summed E-state index contributed by atoms with van der Waals surface area (Å²) in [6.07, 6.45) is 0. The summed E-state index contributed by atoms with van der Waals surface area (Å²) in [6.45, 7) is 3.82. The smallest absolute Gasteiger partial charge is 0.228 e. The van der Waals surface area contributed by atoms with Crippen molar-refractivity contribution in [2.75, 3.05) is 0 Å². The van der Waals surface area contributed by atoms with Gasteiger partial charge in [0, 0.05) is 30.1 Å². The number of benzene rings is 5. The Morgan fingerprint density at radius 2 is 1.40 bits per heavy atom. The minimum atomic E-state index is -2.48. The van der Waals surface area contributed by atoms with E-state index in [0.29, 0.717) is 55.5 Å². The molecular formula is C47H38N4O2. The molecule has 5 aromatic heterocycles. The highest BCUT2D eigenvalue weighted by molar-refractivity contribution is 6.15. The summed E-state index contributed by atoms with van der Waals surface area (Å²) in [6, 6.07) is 34.7. The van der Waals surface area contributed by atoms with E-state index < -0.39 is 13.7 Å². The third-order valence-electron chi connectivity index (χ3n) is 10.4. The lowest BCUT2D eigenvalue weighted by molar-refractivity contribution is 0.652. The number of pyridine rings is 2. The lowest BCUT2D eigenvalue weighted by Gasteiger charge is -2.24. The number of nitrogens with zero attached hydrogens (tertiary/aromatic N) is 4. The van der Waals surface area contributed by atoms with Crippen LogP contribution in [0, 0.1) is 13.7 Å². The molecule has 0 aliphatic rings. The van der Waals surface area contributed by atoms with Crippen molar-refractivity contribution in [2.45, 2.75) is 53.2 Å². The highest BCUT2D eigenvalue weighted by Gasteiger charge is 2.27. The molecule has 5 heterocycles. The number of aromatic nitrogens is 4. The molecule has 0 aliphatic heterocycles. The van der Waals surface area contributed by atoms with Crippen molar-refractivity contribution in [3.63, 3.8) is 0 Å². The summed E-state index contributed by atoms with van der Waals surface area (Å²) in [5.74, 6) is 0.648. The minimum absolute atomic E-state index is 0.00355. The Hall–Kier alpha value is -6.27. The van der Waals surface area contributed by atoms with E-state index in [1.165, 1.54) is 0 Å². The van der Waals surface area contributed by atoms with Crippen molar-refractivity contribution >= 4 is 66.1 Å². The first-order valence-electron chi connectivity index (χ1n) is 20.9. The second-order valence-corrected chi connectivity index (χ2v) is 14.4. The van der Waals surface area contributed by atoms with Crippen molar-refractivity contribution in [1.29, 1.82) is 0 Å². The summed E-state index contributed by atoms with van der Waals surface area (Å²) in [4.78, 5) is 14.9. The molecule has 6 nitrogen and oxygen atoms in total. The molecule has 5 aromatic carbocycles. The third-order valence-corrected chi connectivity index (χ3v) is 10.4. The fourth-order valence-corrected chi connectivity index (χ4v) is 7.89. The third kappa shape index (κ3) is 4.75. The Morgan fingerprint density at radius 1 is 0.623 bits per heavy atom. The average molecular weight is 697 g/mol. The van der Waals surface area contributed by atoms with Gasteiger partial charge >= 0.3 is 0 Å². The van der Waals surface area contributed by atoms with E-state index in [0.717, 1.165) is 44.2 Å². The van der Waals surface area contributed by atoms with Crippen molar-refractivity contribution in [3.8, 4) is 28.2 Å². The first-order valence-corrected chi connectivity index (χ1v) is 17.9. The summed E-state index contributed by atoms with van der Waals surface area (Å²) in [5.41, 5.74) is 10.3. The predicted molar refractivity (Wildman–Crippen MR) is 217 cm³/mol. The number of furan rings is 2. The van der Waals surface area contributed by atoms with Crippen molar-refractivity contribution in [3.05, 3.63) is 132 Å². The average Bonchev–Trinajstić information content (AvgIpc) is 3.89. The van der Waals surface area contributed by atoms with Crippen LogP contribution in [0.2, 0.25) is 0 Å². The first kappa shape index (κ1) is 25.6. The van der Waals surface area contributed by atoms with Crippen LogP contribution in [-0.2, 0) is 0 Å². The number of para-hydroxylation sites is 1. The predicted octanol–water partition coefficient (Wildman–Crippen LogP) is 13.0.